The first-order chi connectivity index (χ1) is 11.2. The summed E-state index contributed by atoms with van der Waals surface area (Å²) in [5, 5.41) is 0.730. The fourth-order valence-electron chi connectivity index (χ4n) is 3.07. The second-order valence-corrected chi connectivity index (χ2v) is 6.61. The van der Waals surface area contributed by atoms with Crippen molar-refractivity contribution in [3.63, 3.8) is 0 Å². The number of hydrogen-bond acceptors (Lipinski definition) is 2. The Morgan fingerprint density at radius 2 is 1.87 bits per heavy atom. The van der Waals surface area contributed by atoms with Gasteiger partial charge in [0.25, 0.3) is 0 Å². The number of ketones is 1. The number of rotatable bonds is 5. The lowest BCUT2D eigenvalue weighted by Crippen LogP contribution is -2.21. The molecule has 1 saturated carbocycles. The van der Waals surface area contributed by atoms with E-state index in [0.717, 1.165) is 42.0 Å². The van der Waals surface area contributed by atoms with Crippen LogP contribution in [0.15, 0.2) is 48.5 Å². The van der Waals surface area contributed by atoms with Crippen LogP contribution in [0.3, 0.4) is 0 Å². The quantitative estimate of drug-likeness (QED) is 0.752. The van der Waals surface area contributed by atoms with Crippen LogP contribution in [0.4, 0.5) is 0 Å². The predicted molar refractivity (Wildman–Crippen MR) is 92.9 cm³/mol. The van der Waals surface area contributed by atoms with Gasteiger partial charge >= 0.3 is 0 Å². The van der Waals surface area contributed by atoms with Crippen molar-refractivity contribution >= 4 is 17.4 Å². The topological polar surface area (TPSA) is 26.3 Å². The van der Waals surface area contributed by atoms with Gasteiger partial charge < -0.3 is 4.74 Å². The molecule has 2 aromatic carbocycles. The van der Waals surface area contributed by atoms with E-state index in [1.807, 2.05) is 36.4 Å². The summed E-state index contributed by atoms with van der Waals surface area (Å²) in [4.78, 5) is 12.0. The minimum absolute atomic E-state index is 0.190. The molecule has 0 amide bonds. The van der Waals surface area contributed by atoms with Crippen LogP contribution in [0.5, 0.6) is 5.75 Å². The molecule has 0 heterocycles. The molecule has 2 nitrogen and oxygen atoms in total. The van der Waals surface area contributed by atoms with Gasteiger partial charge in [0.15, 0.2) is 0 Å². The zero-order chi connectivity index (χ0) is 16.1. The average Bonchev–Trinajstić information content (AvgIpc) is 2.57. The maximum atomic E-state index is 12.0. The summed E-state index contributed by atoms with van der Waals surface area (Å²) >= 11 is 5.89. The molecule has 0 saturated heterocycles. The predicted octanol–water partition coefficient (Wildman–Crippen LogP) is 5.22. The van der Waals surface area contributed by atoms with Gasteiger partial charge in [-0.15, -0.1) is 0 Å². The van der Waals surface area contributed by atoms with E-state index in [1.54, 1.807) is 0 Å². The average molecular weight is 329 g/mol. The van der Waals surface area contributed by atoms with Crippen LogP contribution >= 0.6 is 11.6 Å². The summed E-state index contributed by atoms with van der Waals surface area (Å²) in [5.74, 6) is 1.46. The van der Waals surface area contributed by atoms with E-state index in [4.69, 9.17) is 16.3 Å². The molecule has 0 aromatic heterocycles. The second-order valence-electron chi connectivity index (χ2n) is 6.18. The van der Waals surface area contributed by atoms with Gasteiger partial charge in [0.05, 0.1) is 0 Å². The lowest BCUT2D eigenvalue weighted by Gasteiger charge is -2.20. The number of halogens is 1. The highest BCUT2D eigenvalue weighted by atomic mass is 35.5. The third-order valence-corrected chi connectivity index (χ3v) is 4.63. The lowest BCUT2D eigenvalue weighted by atomic mass is 9.84. The van der Waals surface area contributed by atoms with Crippen molar-refractivity contribution in [2.75, 3.05) is 0 Å². The number of carbonyl (C=O) groups is 1. The van der Waals surface area contributed by atoms with Crippen LogP contribution in [0.25, 0.3) is 0 Å². The minimum atomic E-state index is 0.190. The molecule has 3 rings (SSSR count). The third kappa shape index (κ3) is 4.59. The molecule has 0 bridgehead atoms. The molecule has 2 aromatic rings. The highest BCUT2D eigenvalue weighted by Gasteiger charge is 2.22. The number of benzene rings is 2. The third-order valence-electron chi connectivity index (χ3n) is 4.38. The monoisotopic (exact) mass is 328 g/mol. The minimum Gasteiger partial charge on any atom is -0.489 e. The van der Waals surface area contributed by atoms with Crippen LogP contribution in [0.2, 0.25) is 5.02 Å². The van der Waals surface area contributed by atoms with E-state index in [1.165, 1.54) is 12.0 Å². The Morgan fingerprint density at radius 1 is 1.04 bits per heavy atom. The summed E-state index contributed by atoms with van der Waals surface area (Å²) in [6, 6.07) is 15.8. The highest BCUT2D eigenvalue weighted by molar-refractivity contribution is 6.30. The second kappa shape index (κ2) is 7.65. The van der Waals surface area contributed by atoms with Gasteiger partial charge in [-0.05, 0) is 54.7 Å². The van der Waals surface area contributed by atoms with Crippen molar-refractivity contribution in [3.05, 3.63) is 64.7 Å². The summed E-state index contributed by atoms with van der Waals surface area (Å²) in [5.41, 5.74) is 2.26. The molecule has 23 heavy (non-hydrogen) atoms. The van der Waals surface area contributed by atoms with Crippen molar-refractivity contribution in [3.8, 4) is 5.75 Å². The molecule has 1 aliphatic carbocycles. The van der Waals surface area contributed by atoms with Crippen LogP contribution in [0.1, 0.15) is 36.8 Å². The Labute approximate surface area is 142 Å². The first-order valence-electron chi connectivity index (χ1n) is 8.19. The summed E-state index contributed by atoms with van der Waals surface area (Å²) in [7, 11) is 0. The normalized spacial score (nSPS) is 18.0. The van der Waals surface area contributed by atoms with Crippen molar-refractivity contribution in [1.82, 2.24) is 0 Å². The number of hydrogen-bond donors (Lipinski definition) is 0. The first-order valence-corrected chi connectivity index (χ1v) is 8.57. The lowest BCUT2D eigenvalue weighted by molar-refractivity contribution is -0.124. The molecule has 1 aliphatic rings. The van der Waals surface area contributed by atoms with Gasteiger partial charge in [0.1, 0.15) is 18.1 Å². The van der Waals surface area contributed by atoms with Gasteiger partial charge in [-0.25, -0.2) is 0 Å². The van der Waals surface area contributed by atoms with Gasteiger partial charge in [-0.1, -0.05) is 42.3 Å². The van der Waals surface area contributed by atoms with E-state index in [-0.39, 0.29) is 5.92 Å². The molecule has 1 atom stereocenters. The van der Waals surface area contributed by atoms with Gasteiger partial charge in [0.2, 0.25) is 0 Å². The van der Waals surface area contributed by atoms with Crippen molar-refractivity contribution in [2.24, 2.45) is 5.92 Å². The molecule has 1 fully saturated rings. The molecule has 0 radical (unpaired) electrons. The smallest absolute Gasteiger partial charge is 0.136 e. The summed E-state index contributed by atoms with van der Waals surface area (Å²) in [6.07, 6.45) is 4.83. The van der Waals surface area contributed by atoms with E-state index < -0.39 is 0 Å². The van der Waals surface area contributed by atoms with Gasteiger partial charge in [-0.3, -0.25) is 4.79 Å². The molecule has 0 N–H and O–H groups in total. The Hall–Kier alpha value is -1.80. The molecular formula is C20H21ClO2. The largest absolute Gasteiger partial charge is 0.489 e. The first kappa shape index (κ1) is 16.1. The molecule has 0 spiro atoms. The van der Waals surface area contributed by atoms with Crippen LogP contribution in [-0.2, 0) is 17.8 Å². The van der Waals surface area contributed by atoms with Crippen LogP contribution in [0, 0.1) is 5.92 Å². The van der Waals surface area contributed by atoms with Gasteiger partial charge in [0, 0.05) is 17.4 Å². The Kier molecular flexibility index (Phi) is 5.35. The molecular weight excluding hydrogens is 308 g/mol. The highest BCUT2D eigenvalue weighted by Crippen LogP contribution is 2.25. The van der Waals surface area contributed by atoms with E-state index in [0.29, 0.717) is 12.4 Å². The Bertz CT molecular complexity index is 664. The van der Waals surface area contributed by atoms with E-state index in [2.05, 4.69) is 12.1 Å². The number of Topliss-reactive ketones (excluding diaryl/α,β-unsaturated/α-hetero) is 1. The molecule has 0 aliphatic heterocycles. The van der Waals surface area contributed by atoms with Crippen molar-refractivity contribution in [1.29, 1.82) is 0 Å². The molecule has 3 heteroatoms. The maximum absolute atomic E-state index is 12.0. The van der Waals surface area contributed by atoms with E-state index >= 15 is 0 Å². The maximum Gasteiger partial charge on any atom is 0.136 e. The number of ether oxygens (including phenoxy) is 1. The Morgan fingerprint density at radius 3 is 2.65 bits per heavy atom. The van der Waals surface area contributed by atoms with E-state index in [9.17, 15) is 4.79 Å². The SMILES string of the molecule is O=C1CCCCC1Cc1cccc(OCc2ccc(Cl)cc2)c1. The fraction of sp³-hybridized carbons (Fsp3) is 0.350. The fourth-order valence-corrected chi connectivity index (χ4v) is 3.19. The standard InChI is InChI=1S/C20H21ClO2/c21-18-10-8-15(9-11-18)14-23-19-6-3-4-16(13-19)12-17-5-1-2-7-20(17)22/h3-4,6,8-11,13,17H,1-2,5,7,12,14H2. The van der Waals surface area contributed by atoms with Gasteiger partial charge in [-0.2, -0.15) is 0 Å². The molecule has 1 unspecified atom stereocenters. The van der Waals surface area contributed by atoms with Crippen molar-refractivity contribution in [2.45, 2.75) is 38.7 Å². The van der Waals surface area contributed by atoms with Crippen LogP contribution < -0.4 is 4.74 Å². The molecule has 120 valence electrons. The Balaban J connectivity index is 1.60. The zero-order valence-corrected chi connectivity index (χ0v) is 13.9. The summed E-state index contributed by atoms with van der Waals surface area (Å²) in [6.45, 7) is 0.517. The zero-order valence-electron chi connectivity index (χ0n) is 13.1. The summed E-state index contributed by atoms with van der Waals surface area (Å²) < 4.78 is 5.86. The van der Waals surface area contributed by atoms with Crippen molar-refractivity contribution < 1.29 is 9.53 Å². The van der Waals surface area contributed by atoms with Crippen LogP contribution in [-0.4, -0.2) is 5.78 Å². The number of carbonyl (C=O) groups excluding carboxylic acids is 1.